The third kappa shape index (κ3) is 5.65. The van der Waals surface area contributed by atoms with Crippen molar-refractivity contribution in [3.8, 4) is 5.75 Å². The first kappa shape index (κ1) is 20.1. The number of ether oxygens (including phenoxy) is 1. The van der Waals surface area contributed by atoms with Crippen molar-refractivity contribution in [3.63, 3.8) is 0 Å². The van der Waals surface area contributed by atoms with E-state index in [9.17, 15) is 9.59 Å². The maximum atomic E-state index is 12.4. The zero-order valence-corrected chi connectivity index (χ0v) is 16.4. The van der Waals surface area contributed by atoms with Crippen molar-refractivity contribution in [1.82, 2.24) is 10.3 Å². The van der Waals surface area contributed by atoms with Gasteiger partial charge in [0.25, 0.3) is 11.8 Å². The molecule has 0 bridgehead atoms. The molecule has 0 saturated heterocycles. The Morgan fingerprint density at radius 1 is 1.00 bits per heavy atom. The highest BCUT2D eigenvalue weighted by Gasteiger charge is 2.12. The van der Waals surface area contributed by atoms with Crippen molar-refractivity contribution < 1.29 is 14.3 Å². The number of benzene rings is 2. The first-order valence-corrected chi connectivity index (χ1v) is 9.30. The number of hydrogen-bond donors (Lipinski definition) is 2. The van der Waals surface area contributed by atoms with Gasteiger partial charge in [-0.25, -0.2) is 0 Å². The number of nitrogens with zero attached hydrogens (tertiary/aromatic N) is 1. The highest BCUT2D eigenvalue weighted by Crippen LogP contribution is 2.13. The monoisotopic (exact) mass is 389 g/mol. The van der Waals surface area contributed by atoms with E-state index in [1.54, 1.807) is 19.2 Å². The highest BCUT2D eigenvalue weighted by molar-refractivity contribution is 6.04. The van der Waals surface area contributed by atoms with Crippen LogP contribution in [-0.2, 0) is 6.42 Å². The van der Waals surface area contributed by atoms with Gasteiger partial charge in [-0.2, -0.15) is 0 Å². The summed E-state index contributed by atoms with van der Waals surface area (Å²) in [5.41, 5.74) is 3.37. The molecule has 0 aliphatic heterocycles. The fourth-order valence-electron chi connectivity index (χ4n) is 2.86. The number of anilines is 1. The van der Waals surface area contributed by atoms with Crippen molar-refractivity contribution in [3.05, 3.63) is 89.2 Å². The molecule has 0 atom stereocenters. The maximum absolute atomic E-state index is 12.4. The third-order valence-electron chi connectivity index (χ3n) is 4.36. The van der Waals surface area contributed by atoms with Crippen LogP contribution in [0.4, 0.5) is 5.69 Å². The van der Waals surface area contributed by atoms with Crippen molar-refractivity contribution in [1.29, 1.82) is 0 Å². The molecule has 0 aliphatic carbocycles. The molecule has 2 N–H and O–H groups in total. The molecule has 0 fully saturated rings. The summed E-state index contributed by atoms with van der Waals surface area (Å²) in [6, 6.07) is 18.3. The van der Waals surface area contributed by atoms with Crippen LogP contribution in [0.1, 0.15) is 32.0 Å². The quantitative estimate of drug-likeness (QED) is 0.647. The predicted molar refractivity (Wildman–Crippen MR) is 112 cm³/mol. The summed E-state index contributed by atoms with van der Waals surface area (Å²) in [7, 11) is 1.62. The second-order valence-electron chi connectivity index (χ2n) is 6.61. The van der Waals surface area contributed by atoms with Gasteiger partial charge in [0.15, 0.2) is 0 Å². The van der Waals surface area contributed by atoms with Crippen LogP contribution in [0.25, 0.3) is 0 Å². The minimum atomic E-state index is -0.360. The first-order chi connectivity index (χ1) is 14.0. The van der Waals surface area contributed by atoms with Crippen molar-refractivity contribution in [2.75, 3.05) is 19.0 Å². The SMILES string of the molecule is COc1cccc(CCNC(=O)c2ccnc(C(=O)Nc3cccc(C)c3)c2)c1. The van der Waals surface area contributed by atoms with Gasteiger partial charge in [-0.15, -0.1) is 0 Å². The molecule has 0 spiro atoms. The van der Waals surface area contributed by atoms with Gasteiger partial charge >= 0.3 is 0 Å². The predicted octanol–water partition coefficient (Wildman–Crippen LogP) is 3.62. The molecule has 0 unspecified atom stereocenters. The van der Waals surface area contributed by atoms with Crippen LogP contribution >= 0.6 is 0 Å². The maximum Gasteiger partial charge on any atom is 0.274 e. The second kappa shape index (κ2) is 9.50. The van der Waals surface area contributed by atoms with Crippen LogP contribution in [0.5, 0.6) is 5.75 Å². The molecule has 1 aromatic heterocycles. The molecule has 0 radical (unpaired) electrons. The van der Waals surface area contributed by atoms with Gasteiger partial charge < -0.3 is 15.4 Å². The van der Waals surface area contributed by atoms with Gasteiger partial charge in [0.05, 0.1) is 7.11 Å². The lowest BCUT2D eigenvalue weighted by Crippen LogP contribution is -2.26. The Bertz CT molecular complexity index is 1020. The number of pyridine rings is 1. The first-order valence-electron chi connectivity index (χ1n) is 9.30. The van der Waals surface area contributed by atoms with E-state index in [1.165, 1.54) is 12.3 Å². The van der Waals surface area contributed by atoms with Crippen LogP contribution in [0.15, 0.2) is 66.9 Å². The van der Waals surface area contributed by atoms with E-state index < -0.39 is 0 Å². The summed E-state index contributed by atoms with van der Waals surface area (Å²) in [6.07, 6.45) is 2.14. The van der Waals surface area contributed by atoms with E-state index in [-0.39, 0.29) is 17.5 Å². The summed E-state index contributed by atoms with van der Waals surface area (Å²) < 4.78 is 5.20. The molecule has 0 aliphatic rings. The van der Waals surface area contributed by atoms with E-state index >= 15 is 0 Å². The van der Waals surface area contributed by atoms with Gasteiger partial charge in [-0.3, -0.25) is 14.6 Å². The number of aryl methyl sites for hydroxylation is 1. The molecule has 6 heteroatoms. The van der Waals surface area contributed by atoms with Gasteiger partial charge in [0.1, 0.15) is 11.4 Å². The van der Waals surface area contributed by atoms with E-state index in [0.717, 1.165) is 16.9 Å². The van der Waals surface area contributed by atoms with Crippen LogP contribution in [0.3, 0.4) is 0 Å². The fourth-order valence-corrected chi connectivity index (χ4v) is 2.86. The molecule has 3 aromatic rings. The molecule has 148 valence electrons. The second-order valence-corrected chi connectivity index (χ2v) is 6.61. The Labute approximate surface area is 169 Å². The lowest BCUT2D eigenvalue weighted by Gasteiger charge is -2.08. The van der Waals surface area contributed by atoms with E-state index in [4.69, 9.17) is 4.74 Å². The largest absolute Gasteiger partial charge is 0.497 e. The lowest BCUT2D eigenvalue weighted by molar-refractivity contribution is 0.0954. The van der Waals surface area contributed by atoms with Crippen molar-refractivity contribution in [2.24, 2.45) is 0 Å². The van der Waals surface area contributed by atoms with Crippen molar-refractivity contribution in [2.45, 2.75) is 13.3 Å². The third-order valence-corrected chi connectivity index (χ3v) is 4.36. The summed E-state index contributed by atoms with van der Waals surface area (Å²) in [5, 5.41) is 5.66. The highest BCUT2D eigenvalue weighted by atomic mass is 16.5. The summed E-state index contributed by atoms with van der Waals surface area (Å²) in [4.78, 5) is 29.0. The fraction of sp³-hybridized carbons (Fsp3) is 0.174. The molecule has 29 heavy (non-hydrogen) atoms. The average Bonchev–Trinajstić information content (AvgIpc) is 2.74. The molecule has 0 saturated carbocycles. The Kier molecular flexibility index (Phi) is 6.58. The number of amides is 2. The minimum absolute atomic E-state index is 0.187. The van der Waals surface area contributed by atoms with Gasteiger partial charge in [0.2, 0.25) is 0 Å². The van der Waals surface area contributed by atoms with Crippen LogP contribution in [0.2, 0.25) is 0 Å². The van der Waals surface area contributed by atoms with Crippen LogP contribution < -0.4 is 15.4 Å². The van der Waals surface area contributed by atoms with Crippen molar-refractivity contribution >= 4 is 17.5 Å². The number of carbonyl (C=O) groups is 2. The van der Waals surface area contributed by atoms with Crippen LogP contribution in [0, 0.1) is 6.92 Å². The number of methoxy groups -OCH3 is 1. The molecular formula is C23H23N3O3. The molecule has 2 amide bonds. The Morgan fingerprint density at radius 2 is 1.83 bits per heavy atom. The van der Waals surface area contributed by atoms with Gasteiger partial charge in [-0.05, 0) is 60.9 Å². The van der Waals surface area contributed by atoms with Gasteiger partial charge in [-0.1, -0.05) is 24.3 Å². The summed E-state index contributed by atoms with van der Waals surface area (Å²) in [5.74, 6) is 0.175. The smallest absolute Gasteiger partial charge is 0.274 e. The number of nitrogens with one attached hydrogen (secondary N) is 2. The van der Waals surface area contributed by atoms with Gasteiger partial charge in [0, 0.05) is 24.0 Å². The topological polar surface area (TPSA) is 80.3 Å². The molecular weight excluding hydrogens is 366 g/mol. The number of carbonyl (C=O) groups excluding carboxylic acids is 2. The molecule has 2 aromatic carbocycles. The Hall–Kier alpha value is -3.67. The summed E-state index contributed by atoms with van der Waals surface area (Å²) >= 11 is 0. The molecule has 3 rings (SSSR count). The van der Waals surface area contributed by atoms with Crippen LogP contribution in [-0.4, -0.2) is 30.5 Å². The average molecular weight is 389 g/mol. The summed E-state index contributed by atoms with van der Waals surface area (Å²) in [6.45, 7) is 2.42. The zero-order valence-electron chi connectivity index (χ0n) is 16.4. The Balaban J connectivity index is 1.59. The molecule has 6 nitrogen and oxygen atoms in total. The van der Waals surface area contributed by atoms with E-state index in [0.29, 0.717) is 24.2 Å². The van der Waals surface area contributed by atoms with E-state index in [2.05, 4.69) is 15.6 Å². The standard InChI is InChI=1S/C23H23N3O3/c1-16-5-3-7-19(13-16)26-23(28)21-15-18(10-12-24-21)22(27)25-11-9-17-6-4-8-20(14-17)29-2/h3-8,10,12-15H,9,11H2,1-2H3,(H,25,27)(H,26,28). The number of hydrogen-bond acceptors (Lipinski definition) is 4. The Morgan fingerprint density at radius 3 is 2.62 bits per heavy atom. The zero-order chi connectivity index (χ0) is 20.6. The minimum Gasteiger partial charge on any atom is -0.497 e. The van der Waals surface area contributed by atoms with E-state index in [1.807, 2.05) is 49.4 Å². The number of aromatic nitrogens is 1. The number of rotatable bonds is 7. The lowest BCUT2D eigenvalue weighted by atomic mass is 10.1. The normalized spacial score (nSPS) is 10.3. The molecule has 1 heterocycles.